The van der Waals surface area contributed by atoms with E-state index in [1.807, 2.05) is 12.1 Å². The molecule has 0 aromatic carbocycles. The van der Waals surface area contributed by atoms with Gasteiger partial charge in [-0.3, -0.25) is 9.78 Å². The number of carbonyl (C=O) groups excluding carboxylic acids is 1. The molecule has 1 saturated carbocycles. The van der Waals surface area contributed by atoms with E-state index in [2.05, 4.69) is 39.4 Å². The second-order valence-corrected chi connectivity index (χ2v) is 6.34. The molecule has 2 aromatic rings. The minimum absolute atomic E-state index is 0.0772. The van der Waals surface area contributed by atoms with E-state index >= 15 is 0 Å². The molecule has 21 heavy (non-hydrogen) atoms. The van der Waals surface area contributed by atoms with Crippen LogP contribution in [0.25, 0.3) is 0 Å². The molecule has 0 aliphatic heterocycles. The first kappa shape index (κ1) is 14.1. The van der Waals surface area contributed by atoms with E-state index in [1.54, 1.807) is 17.5 Å². The summed E-state index contributed by atoms with van der Waals surface area (Å²) in [5, 5.41) is 10.6. The summed E-state index contributed by atoms with van der Waals surface area (Å²) in [7, 11) is 0. The number of hydrogen-bond donors (Lipinski definition) is 2. The third kappa shape index (κ3) is 4.04. The summed E-state index contributed by atoms with van der Waals surface area (Å²) in [6.07, 6.45) is 4.82. The number of pyridine rings is 1. The van der Waals surface area contributed by atoms with Gasteiger partial charge in [0.05, 0.1) is 0 Å². The Kier molecular flexibility index (Phi) is 4.20. The molecular formula is C16H19N3OS. The molecule has 0 saturated heterocycles. The summed E-state index contributed by atoms with van der Waals surface area (Å²) in [6, 6.07) is 6.53. The van der Waals surface area contributed by atoms with Gasteiger partial charge in [0.25, 0.3) is 5.91 Å². The van der Waals surface area contributed by atoms with Gasteiger partial charge in [-0.2, -0.15) is 11.3 Å². The van der Waals surface area contributed by atoms with Crippen LogP contribution in [0.4, 0.5) is 5.69 Å². The SMILES string of the molecule is CC(Cc1ccsc1)Nc1ccnc(C(=O)NC2CC2)c1. The Labute approximate surface area is 128 Å². The average molecular weight is 301 g/mol. The van der Waals surface area contributed by atoms with Crippen molar-refractivity contribution in [3.05, 3.63) is 46.4 Å². The molecule has 5 heteroatoms. The topological polar surface area (TPSA) is 54.0 Å². The summed E-state index contributed by atoms with van der Waals surface area (Å²) in [6.45, 7) is 2.14. The van der Waals surface area contributed by atoms with E-state index < -0.39 is 0 Å². The van der Waals surface area contributed by atoms with E-state index in [0.29, 0.717) is 17.8 Å². The molecule has 1 aliphatic carbocycles. The predicted molar refractivity (Wildman–Crippen MR) is 85.8 cm³/mol. The Bertz CT molecular complexity index is 608. The van der Waals surface area contributed by atoms with Crippen molar-refractivity contribution in [2.24, 2.45) is 0 Å². The van der Waals surface area contributed by atoms with E-state index in [9.17, 15) is 4.79 Å². The summed E-state index contributed by atoms with van der Waals surface area (Å²) in [4.78, 5) is 16.1. The highest BCUT2D eigenvalue weighted by atomic mass is 32.1. The molecular weight excluding hydrogens is 282 g/mol. The molecule has 4 nitrogen and oxygen atoms in total. The van der Waals surface area contributed by atoms with Gasteiger partial charge in [0.1, 0.15) is 5.69 Å². The monoisotopic (exact) mass is 301 g/mol. The van der Waals surface area contributed by atoms with Crippen molar-refractivity contribution in [3.63, 3.8) is 0 Å². The van der Waals surface area contributed by atoms with Gasteiger partial charge in [-0.25, -0.2) is 0 Å². The molecule has 0 bridgehead atoms. The fraction of sp³-hybridized carbons (Fsp3) is 0.375. The number of amides is 1. The van der Waals surface area contributed by atoms with Crippen LogP contribution in [-0.2, 0) is 6.42 Å². The second-order valence-electron chi connectivity index (χ2n) is 5.56. The molecule has 2 aromatic heterocycles. The van der Waals surface area contributed by atoms with Crippen molar-refractivity contribution < 1.29 is 4.79 Å². The summed E-state index contributed by atoms with van der Waals surface area (Å²) >= 11 is 1.72. The third-order valence-corrected chi connectivity index (χ3v) is 4.17. The lowest BCUT2D eigenvalue weighted by Gasteiger charge is -2.15. The Morgan fingerprint density at radius 1 is 1.48 bits per heavy atom. The standard InChI is InChI=1S/C16H19N3OS/c1-11(8-12-5-7-21-10-12)18-14-4-6-17-15(9-14)16(20)19-13-2-3-13/h4-7,9-11,13H,2-3,8H2,1H3,(H,17,18)(H,19,20). The number of nitrogens with one attached hydrogen (secondary N) is 2. The quantitative estimate of drug-likeness (QED) is 0.862. The van der Waals surface area contributed by atoms with E-state index in [4.69, 9.17) is 0 Å². The lowest BCUT2D eigenvalue weighted by molar-refractivity contribution is 0.0946. The molecule has 0 radical (unpaired) electrons. The Morgan fingerprint density at radius 2 is 2.33 bits per heavy atom. The first-order valence-corrected chi connectivity index (χ1v) is 8.19. The number of hydrogen-bond acceptors (Lipinski definition) is 4. The number of thiophene rings is 1. The molecule has 110 valence electrons. The molecule has 1 aliphatic rings. The molecule has 0 spiro atoms. The number of rotatable bonds is 6. The van der Waals surface area contributed by atoms with Gasteiger partial charge in [-0.05, 0) is 60.7 Å². The number of anilines is 1. The zero-order valence-corrected chi connectivity index (χ0v) is 12.8. The maximum Gasteiger partial charge on any atom is 0.270 e. The fourth-order valence-electron chi connectivity index (χ4n) is 2.23. The van der Waals surface area contributed by atoms with Crippen molar-refractivity contribution in [1.29, 1.82) is 0 Å². The molecule has 1 unspecified atom stereocenters. The summed E-state index contributed by atoms with van der Waals surface area (Å²) < 4.78 is 0. The molecule has 3 rings (SSSR count). The van der Waals surface area contributed by atoms with Crippen LogP contribution in [-0.4, -0.2) is 23.0 Å². The average Bonchev–Trinajstić information content (AvgIpc) is 3.13. The van der Waals surface area contributed by atoms with Crippen molar-refractivity contribution in [2.45, 2.75) is 38.3 Å². The number of aromatic nitrogens is 1. The van der Waals surface area contributed by atoms with Crippen LogP contribution >= 0.6 is 11.3 Å². The third-order valence-electron chi connectivity index (χ3n) is 3.44. The van der Waals surface area contributed by atoms with E-state index in [0.717, 1.165) is 24.9 Å². The Hall–Kier alpha value is -1.88. The second kappa shape index (κ2) is 6.26. The molecule has 2 heterocycles. The van der Waals surface area contributed by atoms with Crippen molar-refractivity contribution in [3.8, 4) is 0 Å². The van der Waals surface area contributed by atoms with Crippen LogP contribution in [0.2, 0.25) is 0 Å². The van der Waals surface area contributed by atoms with Gasteiger partial charge >= 0.3 is 0 Å². The summed E-state index contributed by atoms with van der Waals surface area (Å²) in [5.74, 6) is -0.0772. The minimum Gasteiger partial charge on any atom is -0.382 e. The van der Waals surface area contributed by atoms with Crippen LogP contribution in [0.5, 0.6) is 0 Å². The van der Waals surface area contributed by atoms with Crippen LogP contribution in [0, 0.1) is 0 Å². The maximum absolute atomic E-state index is 12.0. The van der Waals surface area contributed by atoms with Crippen LogP contribution in [0.15, 0.2) is 35.2 Å². The largest absolute Gasteiger partial charge is 0.382 e. The Balaban J connectivity index is 1.60. The van der Waals surface area contributed by atoms with Crippen LogP contribution < -0.4 is 10.6 Å². The highest BCUT2D eigenvalue weighted by molar-refractivity contribution is 7.07. The van der Waals surface area contributed by atoms with Gasteiger partial charge in [-0.1, -0.05) is 0 Å². The zero-order valence-electron chi connectivity index (χ0n) is 12.0. The van der Waals surface area contributed by atoms with Crippen molar-refractivity contribution in [1.82, 2.24) is 10.3 Å². The molecule has 1 atom stereocenters. The van der Waals surface area contributed by atoms with E-state index in [-0.39, 0.29) is 5.91 Å². The van der Waals surface area contributed by atoms with Gasteiger partial charge in [0, 0.05) is 24.0 Å². The van der Waals surface area contributed by atoms with Gasteiger partial charge < -0.3 is 10.6 Å². The molecule has 2 N–H and O–H groups in total. The molecule has 1 fully saturated rings. The van der Waals surface area contributed by atoms with Gasteiger partial charge in [0.15, 0.2) is 0 Å². The lowest BCUT2D eigenvalue weighted by atomic mass is 10.1. The fourth-order valence-corrected chi connectivity index (χ4v) is 2.91. The van der Waals surface area contributed by atoms with Gasteiger partial charge in [-0.15, -0.1) is 0 Å². The highest BCUT2D eigenvalue weighted by Gasteiger charge is 2.24. The number of carbonyl (C=O) groups is 1. The summed E-state index contributed by atoms with van der Waals surface area (Å²) in [5.41, 5.74) is 2.75. The van der Waals surface area contributed by atoms with Crippen molar-refractivity contribution >= 4 is 22.9 Å². The lowest BCUT2D eigenvalue weighted by Crippen LogP contribution is -2.26. The van der Waals surface area contributed by atoms with E-state index in [1.165, 1.54) is 5.56 Å². The number of nitrogens with zero attached hydrogens (tertiary/aromatic N) is 1. The normalized spacial score (nSPS) is 15.5. The predicted octanol–water partition coefficient (Wildman–Crippen LogP) is 3.08. The smallest absolute Gasteiger partial charge is 0.270 e. The maximum atomic E-state index is 12.0. The minimum atomic E-state index is -0.0772. The molecule has 1 amide bonds. The Morgan fingerprint density at radius 3 is 3.05 bits per heavy atom. The first-order valence-electron chi connectivity index (χ1n) is 7.25. The highest BCUT2D eigenvalue weighted by Crippen LogP contribution is 2.19. The van der Waals surface area contributed by atoms with Crippen LogP contribution in [0.3, 0.4) is 0 Å². The zero-order chi connectivity index (χ0) is 14.7. The van der Waals surface area contributed by atoms with Gasteiger partial charge in [0.2, 0.25) is 0 Å². The van der Waals surface area contributed by atoms with Crippen LogP contribution in [0.1, 0.15) is 35.8 Å². The van der Waals surface area contributed by atoms with Crippen molar-refractivity contribution in [2.75, 3.05) is 5.32 Å². The first-order chi connectivity index (χ1) is 10.2.